The first kappa shape index (κ1) is 13.5. The molecule has 1 N–H and O–H groups in total. The minimum atomic E-state index is -0.552. The molecule has 0 radical (unpaired) electrons. The lowest BCUT2D eigenvalue weighted by Crippen LogP contribution is -2.30. The number of methoxy groups -OCH3 is 1. The third kappa shape index (κ3) is 2.90. The van der Waals surface area contributed by atoms with Gasteiger partial charge >= 0.3 is 5.69 Å². The van der Waals surface area contributed by atoms with Crippen molar-refractivity contribution < 1.29 is 14.4 Å². The maximum absolute atomic E-state index is 11.1. The van der Waals surface area contributed by atoms with Crippen molar-refractivity contribution in [1.82, 2.24) is 9.97 Å². The summed E-state index contributed by atoms with van der Waals surface area (Å²) in [5.41, 5.74) is -0.255. The second kappa shape index (κ2) is 5.79. The van der Waals surface area contributed by atoms with Crippen LogP contribution in [0.15, 0.2) is 6.33 Å². The second-order valence-corrected chi connectivity index (χ2v) is 4.32. The average Bonchev–Trinajstić information content (AvgIpc) is 2.92. The van der Waals surface area contributed by atoms with E-state index in [-0.39, 0.29) is 29.5 Å². The van der Waals surface area contributed by atoms with Gasteiger partial charge in [0.15, 0.2) is 0 Å². The number of rotatable bonds is 5. The van der Waals surface area contributed by atoms with Gasteiger partial charge in [0.25, 0.3) is 5.88 Å². The van der Waals surface area contributed by atoms with Crippen molar-refractivity contribution in [2.24, 2.45) is 0 Å². The number of hydrogen-bond donors (Lipinski definition) is 1. The minimum absolute atomic E-state index is 0.0422. The van der Waals surface area contributed by atoms with Crippen molar-refractivity contribution in [2.45, 2.75) is 31.9 Å². The number of ether oxygens (including phenoxy) is 2. The zero-order valence-corrected chi connectivity index (χ0v) is 10.8. The molecule has 1 saturated heterocycles. The molecule has 19 heavy (non-hydrogen) atoms. The van der Waals surface area contributed by atoms with E-state index < -0.39 is 4.92 Å². The van der Waals surface area contributed by atoms with Gasteiger partial charge in [-0.15, -0.1) is 0 Å². The molecule has 1 aromatic heterocycles. The van der Waals surface area contributed by atoms with Gasteiger partial charge in [0.1, 0.15) is 6.33 Å². The number of nitrogens with one attached hydrogen (secondary N) is 1. The molecule has 8 heteroatoms. The van der Waals surface area contributed by atoms with E-state index in [2.05, 4.69) is 15.3 Å². The van der Waals surface area contributed by atoms with E-state index in [1.165, 1.54) is 13.4 Å². The van der Waals surface area contributed by atoms with Crippen LogP contribution in [0.25, 0.3) is 0 Å². The number of aromatic nitrogens is 2. The summed E-state index contributed by atoms with van der Waals surface area (Å²) < 4.78 is 10.4. The summed E-state index contributed by atoms with van der Waals surface area (Å²) >= 11 is 0. The molecule has 8 nitrogen and oxygen atoms in total. The van der Waals surface area contributed by atoms with Crippen LogP contribution in [0, 0.1) is 10.1 Å². The predicted octanol–water partition coefficient (Wildman–Crippen LogP) is 1.37. The van der Waals surface area contributed by atoms with Gasteiger partial charge in [-0.2, -0.15) is 4.98 Å². The maximum atomic E-state index is 11.1. The highest BCUT2D eigenvalue weighted by atomic mass is 16.6. The fraction of sp³-hybridized carbons (Fsp3) is 0.636. The van der Waals surface area contributed by atoms with Crippen LogP contribution >= 0.6 is 0 Å². The van der Waals surface area contributed by atoms with Crippen molar-refractivity contribution in [1.29, 1.82) is 0 Å². The SMILES string of the molecule is COc1ncnc(NC(C)C2CCCO2)c1[N+](=O)[O-]. The first-order chi connectivity index (χ1) is 9.13. The highest BCUT2D eigenvalue weighted by Gasteiger charge is 2.28. The van der Waals surface area contributed by atoms with Gasteiger partial charge in [-0.1, -0.05) is 0 Å². The normalized spacial score (nSPS) is 20.0. The molecule has 2 rings (SSSR count). The fourth-order valence-corrected chi connectivity index (χ4v) is 2.09. The largest absolute Gasteiger partial charge is 0.476 e. The zero-order valence-electron chi connectivity index (χ0n) is 10.8. The molecule has 0 bridgehead atoms. The summed E-state index contributed by atoms with van der Waals surface area (Å²) in [6.45, 7) is 2.64. The molecule has 2 unspecified atom stereocenters. The number of anilines is 1. The van der Waals surface area contributed by atoms with E-state index >= 15 is 0 Å². The molecule has 0 amide bonds. The van der Waals surface area contributed by atoms with Gasteiger partial charge in [0.05, 0.1) is 24.2 Å². The van der Waals surface area contributed by atoms with Gasteiger partial charge in [0, 0.05) is 6.61 Å². The summed E-state index contributed by atoms with van der Waals surface area (Å²) in [5, 5.41) is 14.1. The summed E-state index contributed by atoms with van der Waals surface area (Å²) in [6.07, 6.45) is 3.22. The van der Waals surface area contributed by atoms with Crippen LogP contribution < -0.4 is 10.1 Å². The summed E-state index contributed by atoms with van der Waals surface area (Å²) in [5.74, 6) is 0.0990. The summed E-state index contributed by atoms with van der Waals surface area (Å²) in [7, 11) is 1.34. The molecule has 1 aromatic rings. The van der Waals surface area contributed by atoms with Gasteiger partial charge in [-0.3, -0.25) is 10.1 Å². The van der Waals surface area contributed by atoms with Crippen LogP contribution in [0.4, 0.5) is 11.5 Å². The molecule has 104 valence electrons. The molecule has 2 atom stereocenters. The van der Waals surface area contributed by atoms with E-state index in [1.54, 1.807) is 0 Å². The van der Waals surface area contributed by atoms with Gasteiger partial charge in [0.2, 0.25) is 5.82 Å². The van der Waals surface area contributed by atoms with Crippen LogP contribution in [0.1, 0.15) is 19.8 Å². The Morgan fingerprint density at radius 2 is 2.42 bits per heavy atom. The molecular formula is C11H16N4O4. The first-order valence-electron chi connectivity index (χ1n) is 6.05. The summed E-state index contributed by atoms with van der Waals surface area (Å²) in [4.78, 5) is 18.2. The van der Waals surface area contributed by atoms with Crippen LogP contribution in [0.2, 0.25) is 0 Å². The molecule has 0 aromatic carbocycles. The van der Waals surface area contributed by atoms with E-state index in [0.717, 1.165) is 19.4 Å². The lowest BCUT2D eigenvalue weighted by molar-refractivity contribution is -0.385. The molecular weight excluding hydrogens is 252 g/mol. The van der Waals surface area contributed by atoms with Gasteiger partial charge in [-0.05, 0) is 19.8 Å². The van der Waals surface area contributed by atoms with Gasteiger partial charge in [-0.25, -0.2) is 4.98 Å². The lowest BCUT2D eigenvalue weighted by Gasteiger charge is -2.20. The number of hydrogen-bond acceptors (Lipinski definition) is 7. The topological polar surface area (TPSA) is 99.4 Å². The van der Waals surface area contributed by atoms with E-state index in [0.29, 0.717) is 0 Å². The van der Waals surface area contributed by atoms with E-state index in [4.69, 9.17) is 9.47 Å². The summed E-state index contributed by atoms with van der Waals surface area (Å²) in [6, 6.07) is -0.0687. The molecule has 1 aliphatic rings. The predicted molar refractivity (Wildman–Crippen MR) is 67.3 cm³/mol. The van der Waals surface area contributed by atoms with Crippen LogP contribution in [0.5, 0.6) is 5.88 Å². The molecule has 0 aliphatic carbocycles. The molecule has 0 saturated carbocycles. The standard InChI is InChI=1S/C11H16N4O4/c1-7(8-4-3-5-19-8)14-10-9(15(16)17)11(18-2)13-6-12-10/h6-8H,3-5H2,1-2H3,(H,12,13,14). The third-order valence-electron chi connectivity index (χ3n) is 3.05. The minimum Gasteiger partial charge on any atom is -0.476 e. The average molecular weight is 268 g/mol. The molecule has 2 heterocycles. The van der Waals surface area contributed by atoms with Crippen molar-refractivity contribution >= 4 is 11.5 Å². The molecule has 1 fully saturated rings. The van der Waals surface area contributed by atoms with Crippen LogP contribution in [0.3, 0.4) is 0 Å². The van der Waals surface area contributed by atoms with E-state index in [1.807, 2.05) is 6.92 Å². The fourth-order valence-electron chi connectivity index (χ4n) is 2.09. The Morgan fingerprint density at radius 1 is 1.63 bits per heavy atom. The van der Waals surface area contributed by atoms with E-state index in [9.17, 15) is 10.1 Å². The Bertz CT molecular complexity index is 462. The van der Waals surface area contributed by atoms with Crippen molar-refractivity contribution in [3.05, 3.63) is 16.4 Å². The quantitative estimate of drug-likeness (QED) is 0.636. The Kier molecular flexibility index (Phi) is 4.10. The van der Waals surface area contributed by atoms with Crippen molar-refractivity contribution in [3.8, 4) is 5.88 Å². The van der Waals surface area contributed by atoms with Crippen LogP contribution in [-0.4, -0.2) is 40.8 Å². The first-order valence-corrected chi connectivity index (χ1v) is 6.05. The Labute approximate surface area is 110 Å². The Balaban J connectivity index is 2.21. The monoisotopic (exact) mass is 268 g/mol. The Morgan fingerprint density at radius 3 is 3.00 bits per heavy atom. The maximum Gasteiger partial charge on any atom is 0.372 e. The highest BCUT2D eigenvalue weighted by Crippen LogP contribution is 2.31. The van der Waals surface area contributed by atoms with Crippen molar-refractivity contribution in [3.63, 3.8) is 0 Å². The number of nitro groups is 1. The molecule has 1 aliphatic heterocycles. The van der Waals surface area contributed by atoms with Crippen molar-refractivity contribution in [2.75, 3.05) is 19.0 Å². The van der Waals surface area contributed by atoms with Gasteiger partial charge < -0.3 is 14.8 Å². The smallest absolute Gasteiger partial charge is 0.372 e. The third-order valence-corrected chi connectivity index (χ3v) is 3.05. The lowest BCUT2D eigenvalue weighted by atomic mass is 10.1. The highest BCUT2D eigenvalue weighted by molar-refractivity contribution is 5.61. The molecule has 0 spiro atoms. The van der Waals surface area contributed by atoms with Crippen LogP contribution in [-0.2, 0) is 4.74 Å². The Hall–Kier alpha value is -1.96. The second-order valence-electron chi connectivity index (χ2n) is 4.32. The number of nitrogens with zero attached hydrogens (tertiary/aromatic N) is 3. The zero-order chi connectivity index (χ0) is 13.8.